The van der Waals surface area contributed by atoms with Gasteiger partial charge in [0.1, 0.15) is 0 Å². The highest BCUT2D eigenvalue weighted by molar-refractivity contribution is 7.89. The third-order valence-corrected chi connectivity index (χ3v) is 6.87. The van der Waals surface area contributed by atoms with E-state index in [2.05, 4.69) is 9.71 Å². The highest BCUT2D eigenvalue weighted by Gasteiger charge is 2.23. The van der Waals surface area contributed by atoms with E-state index in [1.165, 1.54) is 16.7 Å². The molecule has 4 aromatic rings. The monoisotopic (exact) mass is 429 g/mol. The van der Waals surface area contributed by atoms with Gasteiger partial charge in [0.05, 0.1) is 16.5 Å². The molecule has 3 heterocycles. The van der Waals surface area contributed by atoms with Gasteiger partial charge in [-0.15, -0.1) is 0 Å². The lowest BCUT2D eigenvalue weighted by Gasteiger charge is -2.18. The van der Waals surface area contributed by atoms with Crippen LogP contribution in [0.4, 0.5) is 0 Å². The predicted molar refractivity (Wildman–Crippen MR) is 111 cm³/mol. The van der Waals surface area contributed by atoms with Gasteiger partial charge in [-0.2, -0.15) is 11.3 Å². The standard InChI is InChI=1S/C20H19N3O4S2/c1-2-23-18-6-5-16(11-19(18)27-20(23)24)29(25,26)22-17(10-14-7-9-28-13-14)15-4-3-8-21-12-15/h3-9,11-13,17,22H,2,10H2,1H3. The molecule has 29 heavy (non-hydrogen) atoms. The molecule has 0 aliphatic heterocycles. The van der Waals surface area contributed by atoms with Crippen molar-refractivity contribution in [3.8, 4) is 0 Å². The number of nitrogens with zero attached hydrogens (tertiary/aromatic N) is 2. The Morgan fingerprint density at radius 3 is 2.83 bits per heavy atom. The third kappa shape index (κ3) is 4.02. The number of hydrogen-bond donors (Lipinski definition) is 1. The maximum absolute atomic E-state index is 13.1. The fourth-order valence-corrected chi connectivity index (χ4v) is 5.14. The quantitative estimate of drug-likeness (QED) is 0.486. The molecule has 9 heteroatoms. The summed E-state index contributed by atoms with van der Waals surface area (Å²) in [4.78, 5) is 16.1. The topological polar surface area (TPSA) is 94.2 Å². The largest absolute Gasteiger partial charge is 0.419 e. The number of oxazole rings is 1. The van der Waals surface area contributed by atoms with Crippen LogP contribution in [0.25, 0.3) is 11.1 Å². The van der Waals surface area contributed by atoms with Gasteiger partial charge in [-0.3, -0.25) is 9.55 Å². The zero-order chi connectivity index (χ0) is 20.4. The molecule has 0 spiro atoms. The van der Waals surface area contributed by atoms with E-state index in [4.69, 9.17) is 4.42 Å². The van der Waals surface area contributed by atoms with E-state index in [0.717, 1.165) is 11.1 Å². The molecule has 1 atom stereocenters. The van der Waals surface area contributed by atoms with Crippen molar-refractivity contribution in [1.29, 1.82) is 0 Å². The number of hydrogen-bond acceptors (Lipinski definition) is 6. The summed E-state index contributed by atoms with van der Waals surface area (Å²) in [6.07, 6.45) is 3.80. The average Bonchev–Trinajstić information content (AvgIpc) is 3.33. The molecule has 7 nitrogen and oxygen atoms in total. The second kappa shape index (κ2) is 7.94. The smallest absolute Gasteiger partial charge is 0.408 e. The summed E-state index contributed by atoms with van der Waals surface area (Å²) in [5.74, 6) is -0.504. The molecular formula is C20H19N3O4S2. The summed E-state index contributed by atoms with van der Waals surface area (Å²) in [6.45, 7) is 2.27. The Morgan fingerprint density at radius 2 is 2.14 bits per heavy atom. The molecule has 0 saturated carbocycles. The van der Waals surface area contributed by atoms with E-state index in [9.17, 15) is 13.2 Å². The van der Waals surface area contributed by atoms with E-state index in [0.29, 0.717) is 18.5 Å². The van der Waals surface area contributed by atoms with Gasteiger partial charge in [-0.1, -0.05) is 6.07 Å². The van der Waals surface area contributed by atoms with Gasteiger partial charge in [0.2, 0.25) is 10.0 Å². The number of sulfonamides is 1. The van der Waals surface area contributed by atoms with Crippen LogP contribution in [0.5, 0.6) is 0 Å². The molecule has 1 N–H and O–H groups in total. The summed E-state index contributed by atoms with van der Waals surface area (Å²) < 4.78 is 35.6. The lowest BCUT2D eigenvalue weighted by molar-refractivity contribution is 0.512. The molecule has 1 unspecified atom stereocenters. The average molecular weight is 430 g/mol. The molecule has 4 rings (SSSR count). The summed E-state index contributed by atoms with van der Waals surface area (Å²) in [7, 11) is -3.86. The van der Waals surface area contributed by atoms with Crippen LogP contribution in [0.1, 0.15) is 24.1 Å². The Hall–Kier alpha value is -2.75. The zero-order valence-electron chi connectivity index (χ0n) is 15.6. The minimum atomic E-state index is -3.86. The lowest BCUT2D eigenvalue weighted by Crippen LogP contribution is -2.30. The highest BCUT2D eigenvalue weighted by atomic mass is 32.2. The van der Waals surface area contributed by atoms with Crippen molar-refractivity contribution in [2.45, 2.75) is 30.8 Å². The third-order valence-electron chi connectivity index (χ3n) is 4.67. The van der Waals surface area contributed by atoms with Crippen LogP contribution >= 0.6 is 11.3 Å². The van der Waals surface area contributed by atoms with Gasteiger partial charge in [0.25, 0.3) is 0 Å². The molecule has 0 aliphatic rings. The normalized spacial score (nSPS) is 13.0. The molecular weight excluding hydrogens is 410 g/mol. The molecule has 0 saturated heterocycles. The zero-order valence-corrected chi connectivity index (χ0v) is 17.2. The number of aryl methyl sites for hydroxylation is 1. The summed E-state index contributed by atoms with van der Waals surface area (Å²) >= 11 is 1.56. The number of fused-ring (bicyclic) bond motifs is 1. The fourth-order valence-electron chi connectivity index (χ4n) is 3.22. The van der Waals surface area contributed by atoms with Crippen molar-refractivity contribution in [2.75, 3.05) is 0 Å². The fraction of sp³-hybridized carbons (Fsp3) is 0.200. The van der Waals surface area contributed by atoms with Gasteiger partial charge in [-0.25, -0.2) is 17.9 Å². The van der Waals surface area contributed by atoms with Crippen molar-refractivity contribution in [2.24, 2.45) is 0 Å². The number of pyridine rings is 1. The number of thiophene rings is 1. The van der Waals surface area contributed by atoms with Crippen LogP contribution in [-0.2, 0) is 23.0 Å². The van der Waals surface area contributed by atoms with E-state index < -0.39 is 21.8 Å². The van der Waals surface area contributed by atoms with Crippen LogP contribution in [0.2, 0.25) is 0 Å². The van der Waals surface area contributed by atoms with E-state index in [1.54, 1.807) is 35.9 Å². The van der Waals surface area contributed by atoms with E-state index >= 15 is 0 Å². The maximum atomic E-state index is 13.1. The van der Waals surface area contributed by atoms with Crippen LogP contribution in [0.3, 0.4) is 0 Å². The number of benzene rings is 1. The van der Waals surface area contributed by atoms with Crippen molar-refractivity contribution >= 4 is 32.5 Å². The molecule has 0 aliphatic carbocycles. The first-order valence-electron chi connectivity index (χ1n) is 9.04. The minimum absolute atomic E-state index is 0.0428. The van der Waals surface area contributed by atoms with Crippen LogP contribution < -0.4 is 10.5 Å². The van der Waals surface area contributed by atoms with Crippen molar-refractivity contribution in [3.05, 3.63) is 81.2 Å². The van der Waals surface area contributed by atoms with Crippen LogP contribution in [0, 0.1) is 0 Å². The van der Waals surface area contributed by atoms with Gasteiger partial charge < -0.3 is 4.42 Å². The number of rotatable bonds is 7. The molecule has 0 radical (unpaired) electrons. The second-order valence-corrected chi connectivity index (χ2v) is 9.03. The molecule has 3 aromatic heterocycles. The molecule has 150 valence electrons. The van der Waals surface area contributed by atoms with Crippen LogP contribution in [0.15, 0.2) is 73.7 Å². The van der Waals surface area contributed by atoms with Crippen molar-refractivity contribution < 1.29 is 12.8 Å². The first-order chi connectivity index (χ1) is 14.0. The molecule has 0 amide bonds. The summed E-state index contributed by atoms with van der Waals surface area (Å²) in [6, 6.07) is 9.57. The first-order valence-corrected chi connectivity index (χ1v) is 11.5. The first kappa shape index (κ1) is 19.6. The predicted octanol–water partition coefficient (Wildman–Crippen LogP) is 3.33. The summed E-state index contributed by atoms with van der Waals surface area (Å²) in [5, 5.41) is 3.95. The maximum Gasteiger partial charge on any atom is 0.419 e. The Balaban J connectivity index is 1.69. The Morgan fingerprint density at radius 1 is 1.28 bits per heavy atom. The highest BCUT2D eigenvalue weighted by Crippen LogP contribution is 2.24. The summed E-state index contributed by atoms with van der Waals surface area (Å²) in [5.41, 5.74) is 2.62. The Labute approximate surface area is 171 Å². The number of nitrogens with one attached hydrogen (secondary N) is 1. The second-order valence-electron chi connectivity index (χ2n) is 6.54. The minimum Gasteiger partial charge on any atom is -0.408 e. The van der Waals surface area contributed by atoms with Gasteiger partial charge in [0, 0.05) is 25.0 Å². The number of aromatic nitrogens is 2. The SMILES string of the molecule is CCn1c(=O)oc2cc(S(=O)(=O)NC(Cc3ccsc3)c3cccnc3)ccc21. The molecule has 1 aromatic carbocycles. The molecule has 0 bridgehead atoms. The van der Waals surface area contributed by atoms with Gasteiger partial charge in [0.15, 0.2) is 5.58 Å². The van der Waals surface area contributed by atoms with Crippen molar-refractivity contribution in [3.63, 3.8) is 0 Å². The van der Waals surface area contributed by atoms with Gasteiger partial charge >= 0.3 is 5.76 Å². The van der Waals surface area contributed by atoms with E-state index in [-0.39, 0.29) is 10.5 Å². The van der Waals surface area contributed by atoms with Crippen molar-refractivity contribution in [1.82, 2.24) is 14.3 Å². The Bertz CT molecular complexity index is 1280. The van der Waals surface area contributed by atoms with Crippen LogP contribution in [-0.4, -0.2) is 18.0 Å². The molecule has 0 fully saturated rings. The Kier molecular flexibility index (Phi) is 5.35. The van der Waals surface area contributed by atoms with Gasteiger partial charge in [-0.05, 0) is 59.5 Å². The van der Waals surface area contributed by atoms with E-state index in [1.807, 2.05) is 29.8 Å². The lowest BCUT2D eigenvalue weighted by atomic mass is 10.0.